The topological polar surface area (TPSA) is 60.4 Å². The third-order valence-electron chi connectivity index (χ3n) is 3.95. The van der Waals surface area contributed by atoms with Crippen LogP contribution in [0.2, 0.25) is 5.02 Å². The van der Waals surface area contributed by atoms with E-state index in [9.17, 15) is 14.7 Å². The van der Waals surface area contributed by atoms with E-state index < -0.39 is 5.97 Å². The molecule has 0 unspecified atom stereocenters. The highest BCUT2D eigenvalue weighted by atomic mass is 35.5. The molecule has 5 heteroatoms. The summed E-state index contributed by atoms with van der Waals surface area (Å²) in [5.41, 5.74) is 1.38. The molecule has 0 saturated heterocycles. The summed E-state index contributed by atoms with van der Waals surface area (Å²) in [4.78, 5) is 26.1. The van der Waals surface area contributed by atoms with Crippen LogP contribution in [-0.2, 0) is 6.54 Å². The summed E-state index contributed by atoms with van der Waals surface area (Å²) < 4.78 is 0. The zero-order valence-electron chi connectivity index (χ0n) is 13.8. The van der Waals surface area contributed by atoms with Crippen molar-refractivity contribution in [2.75, 3.05) is 4.90 Å². The summed E-state index contributed by atoms with van der Waals surface area (Å²) in [6.45, 7) is 0.204. The summed E-state index contributed by atoms with van der Waals surface area (Å²) in [5.74, 6) is -1.72. The van der Waals surface area contributed by atoms with Crippen LogP contribution < -0.4 is 10.0 Å². The lowest BCUT2D eigenvalue weighted by atomic mass is 10.1. The Morgan fingerprint density at radius 1 is 0.808 bits per heavy atom. The van der Waals surface area contributed by atoms with Crippen LogP contribution in [0.5, 0.6) is 0 Å². The molecule has 0 atom stereocenters. The Bertz CT molecular complexity index is 941. The maximum absolute atomic E-state index is 13.2. The third-order valence-corrected chi connectivity index (χ3v) is 4.28. The number of carbonyl (C=O) groups excluding carboxylic acids is 2. The minimum atomic E-state index is -1.34. The fourth-order valence-electron chi connectivity index (χ4n) is 2.69. The van der Waals surface area contributed by atoms with Gasteiger partial charge in [-0.15, -0.1) is 0 Å². The van der Waals surface area contributed by atoms with Crippen LogP contribution in [0.4, 0.5) is 5.69 Å². The first kappa shape index (κ1) is 17.7. The van der Waals surface area contributed by atoms with E-state index in [4.69, 9.17) is 11.6 Å². The minimum absolute atomic E-state index is 0.0520. The molecule has 26 heavy (non-hydrogen) atoms. The maximum atomic E-state index is 13.2. The molecule has 3 rings (SSSR count). The summed E-state index contributed by atoms with van der Waals surface area (Å²) in [6.07, 6.45) is 0. The van der Waals surface area contributed by atoms with Gasteiger partial charge in [0.15, 0.2) is 0 Å². The molecular formula is C21H15ClNO3-. The lowest BCUT2D eigenvalue weighted by Gasteiger charge is -2.26. The van der Waals surface area contributed by atoms with Gasteiger partial charge in [0, 0.05) is 5.56 Å². The standard InChI is InChI=1S/C21H16ClNO3/c22-18-12-6-4-10-16(18)20(24)23(14-15-8-2-1-3-9-15)19-13-7-5-11-17(19)21(25)26/h1-13H,14H2,(H,25,26)/p-1. The molecule has 0 bridgehead atoms. The van der Waals surface area contributed by atoms with Gasteiger partial charge in [-0.25, -0.2) is 0 Å². The van der Waals surface area contributed by atoms with Gasteiger partial charge >= 0.3 is 0 Å². The van der Waals surface area contributed by atoms with E-state index in [2.05, 4.69) is 0 Å². The van der Waals surface area contributed by atoms with Gasteiger partial charge < -0.3 is 14.8 Å². The van der Waals surface area contributed by atoms with Crippen LogP contribution in [-0.4, -0.2) is 11.9 Å². The van der Waals surface area contributed by atoms with Crippen LogP contribution in [0.1, 0.15) is 26.3 Å². The van der Waals surface area contributed by atoms with E-state index in [1.165, 1.54) is 11.0 Å². The van der Waals surface area contributed by atoms with E-state index >= 15 is 0 Å². The number of benzene rings is 3. The molecule has 0 saturated carbocycles. The zero-order chi connectivity index (χ0) is 18.5. The molecule has 0 fully saturated rings. The Morgan fingerprint density at radius 2 is 1.38 bits per heavy atom. The molecule has 4 nitrogen and oxygen atoms in total. The number of hydrogen-bond acceptors (Lipinski definition) is 3. The van der Waals surface area contributed by atoms with E-state index in [1.807, 2.05) is 30.3 Å². The number of para-hydroxylation sites is 1. The molecule has 0 radical (unpaired) electrons. The molecule has 0 heterocycles. The van der Waals surface area contributed by atoms with Gasteiger partial charge in [-0.1, -0.05) is 72.3 Å². The second-order valence-corrected chi connectivity index (χ2v) is 6.07. The number of aromatic carboxylic acids is 1. The Kier molecular flexibility index (Phi) is 5.34. The van der Waals surface area contributed by atoms with Crippen LogP contribution in [0.3, 0.4) is 0 Å². The fourth-order valence-corrected chi connectivity index (χ4v) is 2.91. The van der Waals surface area contributed by atoms with Crippen LogP contribution >= 0.6 is 11.6 Å². The van der Waals surface area contributed by atoms with E-state index in [0.717, 1.165) is 5.56 Å². The highest BCUT2D eigenvalue weighted by Gasteiger charge is 2.22. The average molecular weight is 365 g/mol. The predicted molar refractivity (Wildman–Crippen MR) is 99.2 cm³/mol. The monoisotopic (exact) mass is 364 g/mol. The maximum Gasteiger partial charge on any atom is 0.260 e. The lowest BCUT2D eigenvalue weighted by Crippen LogP contribution is -2.34. The first-order valence-electron chi connectivity index (χ1n) is 7.98. The van der Waals surface area contributed by atoms with Crippen molar-refractivity contribution >= 4 is 29.2 Å². The number of carboxylic acids is 1. The van der Waals surface area contributed by atoms with Crippen molar-refractivity contribution in [2.24, 2.45) is 0 Å². The number of rotatable bonds is 5. The average Bonchev–Trinajstić information content (AvgIpc) is 2.67. The van der Waals surface area contributed by atoms with Gasteiger partial charge in [0.1, 0.15) is 0 Å². The van der Waals surface area contributed by atoms with Crippen molar-refractivity contribution in [3.05, 3.63) is 101 Å². The predicted octanol–water partition coefficient (Wildman–Crippen LogP) is 3.55. The molecule has 3 aromatic rings. The minimum Gasteiger partial charge on any atom is -0.545 e. The fraction of sp³-hybridized carbons (Fsp3) is 0.0476. The Hall–Kier alpha value is -3.11. The quantitative estimate of drug-likeness (QED) is 0.695. The van der Waals surface area contributed by atoms with E-state index in [0.29, 0.717) is 10.6 Å². The van der Waals surface area contributed by atoms with Crippen LogP contribution in [0.25, 0.3) is 0 Å². The second kappa shape index (κ2) is 7.85. The summed E-state index contributed by atoms with van der Waals surface area (Å²) in [7, 11) is 0. The van der Waals surface area contributed by atoms with Gasteiger partial charge in [-0.3, -0.25) is 4.79 Å². The van der Waals surface area contributed by atoms with Crippen molar-refractivity contribution in [1.82, 2.24) is 0 Å². The third kappa shape index (κ3) is 3.76. The number of hydrogen-bond donors (Lipinski definition) is 0. The van der Waals surface area contributed by atoms with E-state index in [-0.39, 0.29) is 23.7 Å². The van der Waals surface area contributed by atoms with Crippen molar-refractivity contribution in [2.45, 2.75) is 6.54 Å². The van der Waals surface area contributed by atoms with Gasteiger partial charge in [-0.05, 0) is 23.8 Å². The van der Waals surface area contributed by atoms with Crippen LogP contribution in [0.15, 0.2) is 78.9 Å². The van der Waals surface area contributed by atoms with Gasteiger partial charge in [-0.2, -0.15) is 0 Å². The second-order valence-electron chi connectivity index (χ2n) is 5.66. The molecule has 0 N–H and O–H groups in total. The molecule has 3 aromatic carbocycles. The van der Waals surface area contributed by atoms with Gasteiger partial charge in [0.2, 0.25) is 0 Å². The van der Waals surface area contributed by atoms with Crippen molar-refractivity contribution in [1.29, 1.82) is 0 Å². The number of carboxylic acid groups (broad SMARTS) is 1. The molecule has 0 aromatic heterocycles. The van der Waals surface area contributed by atoms with Crippen molar-refractivity contribution in [3.63, 3.8) is 0 Å². The smallest absolute Gasteiger partial charge is 0.260 e. The molecular weight excluding hydrogens is 350 g/mol. The van der Waals surface area contributed by atoms with Crippen LogP contribution in [0, 0.1) is 0 Å². The number of amides is 1. The lowest BCUT2D eigenvalue weighted by molar-refractivity contribution is -0.254. The number of halogens is 1. The SMILES string of the molecule is O=C([O-])c1ccccc1N(Cc1ccccc1)C(=O)c1ccccc1Cl. The summed E-state index contributed by atoms with van der Waals surface area (Å²) in [6, 6.07) is 22.3. The molecule has 0 aliphatic heterocycles. The van der Waals surface area contributed by atoms with Gasteiger partial charge in [0.05, 0.1) is 28.8 Å². The summed E-state index contributed by atoms with van der Waals surface area (Å²) >= 11 is 6.18. The normalized spacial score (nSPS) is 10.3. The molecule has 0 aliphatic carbocycles. The Labute approximate surface area is 156 Å². The number of carbonyl (C=O) groups is 2. The molecule has 130 valence electrons. The first-order valence-corrected chi connectivity index (χ1v) is 8.36. The highest BCUT2D eigenvalue weighted by Crippen LogP contribution is 2.26. The van der Waals surface area contributed by atoms with Gasteiger partial charge in [0.25, 0.3) is 5.91 Å². The number of anilines is 1. The number of nitrogens with zero attached hydrogens (tertiary/aromatic N) is 1. The molecule has 0 spiro atoms. The van der Waals surface area contributed by atoms with Crippen molar-refractivity contribution < 1.29 is 14.7 Å². The first-order chi connectivity index (χ1) is 12.6. The van der Waals surface area contributed by atoms with E-state index in [1.54, 1.807) is 42.5 Å². The van der Waals surface area contributed by atoms with Crippen molar-refractivity contribution in [3.8, 4) is 0 Å². The largest absolute Gasteiger partial charge is 0.545 e. The Balaban J connectivity index is 2.10. The summed E-state index contributed by atoms with van der Waals surface area (Å²) in [5, 5.41) is 11.8. The zero-order valence-corrected chi connectivity index (χ0v) is 14.5. The Morgan fingerprint density at radius 3 is 2.04 bits per heavy atom. The molecule has 1 amide bonds. The highest BCUT2D eigenvalue weighted by molar-refractivity contribution is 6.34. The molecule has 0 aliphatic rings.